The van der Waals surface area contributed by atoms with Crippen LogP contribution in [0.5, 0.6) is 0 Å². The largest absolute Gasteiger partial charge is 0.464 e. The fraction of sp³-hybridized carbons (Fsp3) is 0.462. The second-order valence-corrected chi connectivity index (χ2v) is 5.28. The Morgan fingerprint density at radius 1 is 1.22 bits per heavy atom. The predicted octanol–water partition coefficient (Wildman–Crippen LogP) is 2.34. The second-order valence-electron chi connectivity index (χ2n) is 4.48. The van der Waals surface area contributed by atoms with Gasteiger partial charge in [0.05, 0.1) is 11.6 Å². The van der Waals surface area contributed by atoms with Gasteiger partial charge in [-0.25, -0.2) is 4.98 Å². The molecule has 0 spiro atoms. The number of hydrogen-bond donors (Lipinski definition) is 0. The van der Waals surface area contributed by atoms with E-state index >= 15 is 0 Å². The molecule has 1 aliphatic heterocycles. The van der Waals surface area contributed by atoms with Crippen LogP contribution in [0.3, 0.4) is 0 Å². The van der Waals surface area contributed by atoms with Crippen molar-refractivity contribution in [2.24, 2.45) is 0 Å². The van der Waals surface area contributed by atoms with Crippen LogP contribution in [0, 0.1) is 0 Å². The van der Waals surface area contributed by atoms with Gasteiger partial charge in [0.1, 0.15) is 11.4 Å². The van der Waals surface area contributed by atoms with Crippen molar-refractivity contribution in [1.82, 2.24) is 9.88 Å². The summed E-state index contributed by atoms with van der Waals surface area (Å²) in [5, 5.41) is 2.16. The van der Waals surface area contributed by atoms with Crippen LogP contribution < -0.4 is 4.90 Å². The molecule has 0 radical (unpaired) electrons. The summed E-state index contributed by atoms with van der Waals surface area (Å²) >= 11 is 3.49. The van der Waals surface area contributed by atoms with E-state index in [1.807, 2.05) is 18.3 Å². The standard InChI is InChI=1S/C13H16BrN3O/c14-3-5-16-6-8-17(9-7-16)13-11-2-10-18-12(11)1-4-15-13/h1-2,4,10H,3,5-9H2. The summed E-state index contributed by atoms with van der Waals surface area (Å²) in [7, 11) is 0. The Kier molecular flexibility index (Phi) is 3.52. The average Bonchev–Trinajstić information content (AvgIpc) is 2.88. The maximum atomic E-state index is 5.43. The zero-order valence-electron chi connectivity index (χ0n) is 10.2. The molecule has 1 saturated heterocycles. The lowest BCUT2D eigenvalue weighted by Gasteiger charge is -2.35. The summed E-state index contributed by atoms with van der Waals surface area (Å²) in [6.07, 6.45) is 3.56. The lowest BCUT2D eigenvalue weighted by atomic mass is 10.2. The van der Waals surface area contributed by atoms with Crippen molar-refractivity contribution in [2.75, 3.05) is 43.0 Å². The summed E-state index contributed by atoms with van der Waals surface area (Å²) in [6.45, 7) is 5.38. The Morgan fingerprint density at radius 3 is 2.83 bits per heavy atom. The first-order chi connectivity index (χ1) is 8.88. The highest BCUT2D eigenvalue weighted by Gasteiger charge is 2.19. The third-order valence-electron chi connectivity index (χ3n) is 3.43. The quantitative estimate of drug-likeness (QED) is 0.815. The number of anilines is 1. The Bertz CT molecular complexity index is 520. The molecule has 0 saturated carbocycles. The molecule has 2 aromatic rings. The minimum absolute atomic E-state index is 0.919. The van der Waals surface area contributed by atoms with Gasteiger partial charge in [-0.15, -0.1) is 0 Å². The van der Waals surface area contributed by atoms with Crippen LogP contribution in [-0.2, 0) is 0 Å². The van der Waals surface area contributed by atoms with Crippen molar-refractivity contribution in [3.05, 3.63) is 24.6 Å². The molecule has 3 rings (SSSR count). The number of nitrogens with zero attached hydrogens (tertiary/aromatic N) is 3. The molecule has 4 nitrogen and oxygen atoms in total. The summed E-state index contributed by atoms with van der Waals surface area (Å²) in [4.78, 5) is 9.33. The maximum absolute atomic E-state index is 5.43. The van der Waals surface area contributed by atoms with E-state index in [2.05, 4.69) is 30.7 Å². The summed E-state index contributed by atoms with van der Waals surface area (Å²) < 4.78 is 5.43. The monoisotopic (exact) mass is 309 g/mol. The number of aromatic nitrogens is 1. The topological polar surface area (TPSA) is 32.5 Å². The maximum Gasteiger partial charge on any atom is 0.139 e. The number of halogens is 1. The number of pyridine rings is 1. The van der Waals surface area contributed by atoms with Crippen molar-refractivity contribution < 1.29 is 4.42 Å². The van der Waals surface area contributed by atoms with Crippen LogP contribution >= 0.6 is 15.9 Å². The number of piperazine rings is 1. The van der Waals surface area contributed by atoms with E-state index in [4.69, 9.17) is 4.42 Å². The first-order valence-electron chi connectivity index (χ1n) is 6.24. The number of hydrogen-bond acceptors (Lipinski definition) is 4. The van der Waals surface area contributed by atoms with Gasteiger partial charge in [0.2, 0.25) is 0 Å². The number of alkyl halides is 1. The molecule has 0 unspecified atom stereocenters. The Labute approximate surface area is 115 Å². The van der Waals surface area contributed by atoms with Crippen molar-refractivity contribution in [3.8, 4) is 0 Å². The summed E-state index contributed by atoms with van der Waals surface area (Å²) in [6, 6.07) is 3.92. The molecular formula is C13H16BrN3O. The molecule has 0 aliphatic carbocycles. The zero-order valence-corrected chi connectivity index (χ0v) is 11.8. The van der Waals surface area contributed by atoms with Crippen LogP contribution in [0.15, 0.2) is 29.0 Å². The van der Waals surface area contributed by atoms with Gasteiger partial charge in [-0.2, -0.15) is 0 Å². The van der Waals surface area contributed by atoms with Gasteiger partial charge >= 0.3 is 0 Å². The third kappa shape index (κ3) is 2.24. The van der Waals surface area contributed by atoms with E-state index in [-0.39, 0.29) is 0 Å². The number of rotatable bonds is 3. The van der Waals surface area contributed by atoms with E-state index in [9.17, 15) is 0 Å². The van der Waals surface area contributed by atoms with Crippen LogP contribution in [-0.4, -0.2) is 47.9 Å². The summed E-state index contributed by atoms with van der Waals surface area (Å²) in [5.41, 5.74) is 0.919. The zero-order chi connectivity index (χ0) is 12.4. The SMILES string of the molecule is BrCCN1CCN(c2nccc3occc23)CC1. The Balaban J connectivity index is 1.78. The van der Waals surface area contributed by atoms with E-state index in [1.165, 1.54) is 0 Å². The van der Waals surface area contributed by atoms with Crippen molar-refractivity contribution >= 4 is 32.7 Å². The van der Waals surface area contributed by atoms with E-state index < -0.39 is 0 Å². The van der Waals surface area contributed by atoms with Crippen LogP contribution in [0.1, 0.15) is 0 Å². The fourth-order valence-electron chi connectivity index (χ4n) is 2.43. The molecule has 2 aromatic heterocycles. The molecule has 5 heteroatoms. The van der Waals surface area contributed by atoms with Gasteiger partial charge in [-0.1, -0.05) is 15.9 Å². The van der Waals surface area contributed by atoms with Crippen LogP contribution in [0.4, 0.5) is 5.82 Å². The van der Waals surface area contributed by atoms with Crippen molar-refractivity contribution in [1.29, 1.82) is 0 Å². The molecule has 18 heavy (non-hydrogen) atoms. The minimum Gasteiger partial charge on any atom is -0.464 e. The first-order valence-corrected chi connectivity index (χ1v) is 7.36. The Morgan fingerprint density at radius 2 is 2.06 bits per heavy atom. The first kappa shape index (κ1) is 12.0. The van der Waals surface area contributed by atoms with Crippen LogP contribution in [0.2, 0.25) is 0 Å². The smallest absolute Gasteiger partial charge is 0.139 e. The molecule has 0 N–H and O–H groups in total. The minimum atomic E-state index is 0.919. The van der Waals surface area contributed by atoms with E-state index in [1.54, 1.807) is 6.26 Å². The van der Waals surface area contributed by atoms with Gasteiger partial charge in [-0.3, -0.25) is 4.90 Å². The molecule has 1 aliphatic rings. The van der Waals surface area contributed by atoms with Gasteiger partial charge in [0.25, 0.3) is 0 Å². The van der Waals surface area contributed by atoms with E-state index in [0.29, 0.717) is 0 Å². The molecule has 0 amide bonds. The highest BCUT2D eigenvalue weighted by Crippen LogP contribution is 2.25. The molecule has 96 valence electrons. The molecule has 1 fully saturated rings. The molecule has 0 atom stereocenters. The summed E-state index contributed by atoms with van der Waals surface area (Å²) in [5.74, 6) is 1.06. The predicted molar refractivity (Wildman–Crippen MR) is 76.5 cm³/mol. The number of fused-ring (bicyclic) bond motifs is 1. The van der Waals surface area contributed by atoms with Crippen molar-refractivity contribution in [2.45, 2.75) is 0 Å². The average molecular weight is 310 g/mol. The van der Waals surface area contributed by atoms with Gasteiger partial charge in [0.15, 0.2) is 0 Å². The van der Waals surface area contributed by atoms with Crippen LogP contribution in [0.25, 0.3) is 11.0 Å². The van der Waals surface area contributed by atoms with Crippen molar-refractivity contribution in [3.63, 3.8) is 0 Å². The fourth-order valence-corrected chi connectivity index (χ4v) is 2.94. The molecule has 0 aromatic carbocycles. The van der Waals surface area contributed by atoms with Gasteiger partial charge < -0.3 is 9.32 Å². The third-order valence-corrected chi connectivity index (χ3v) is 3.79. The Hall–Kier alpha value is -1.07. The van der Waals surface area contributed by atoms with Gasteiger partial charge in [-0.05, 0) is 12.1 Å². The molecular weight excluding hydrogens is 294 g/mol. The molecule has 3 heterocycles. The van der Waals surface area contributed by atoms with E-state index in [0.717, 1.165) is 54.8 Å². The molecule has 0 bridgehead atoms. The highest BCUT2D eigenvalue weighted by atomic mass is 79.9. The van der Waals surface area contributed by atoms with Gasteiger partial charge in [0, 0.05) is 44.3 Å². The lowest BCUT2D eigenvalue weighted by Crippen LogP contribution is -2.47. The number of furan rings is 1. The normalized spacial score (nSPS) is 17.5. The highest BCUT2D eigenvalue weighted by molar-refractivity contribution is 9.09. The lowest BCUT2D eigenvalue weighted by molar-refractivity contribution is 0.273. The second kappa shape index (κ2) is 5.28.